The van der Waals surface area contributed by atoms with Gasteiger partial charge in [-0.1, -0.05) is 18.2 Å². The Morgan fingerprint density at radius 2 is 1.95 bits per heavy atom. The number of carbonyl (C=O) groups is 2. The second kappa shape index (κ2) is 6.18. The normalized spacial score (nSPS) is 19.5. The van der Waals surface area contributed by atoms with E-state index >= 15 is 0 Å². The summed E-state index contributed by atoms with van der Waals surface area (Å²) in [5.41, 5.74) is 5.33. The molecule has 1 aliphatic rings. The topological polar surface area (TPSA) is 58.2 Å². The summed E-state index contributed by atoms with van der Waals surface area (Å²) in [7, 11) is 0. The summed E-state index contributed by atoms with van der Waals surface area (Å²) in [6.45, 7) is 0. The van der Waals surface area contributed by atoms with Gasteiger partial charge in [-0.05, 0) is 52.0 Å². The maximum Gasteiger partial charge on any atom is 0.279 e. The quantitative estimate of drug-likeness (QED) is 0.800. The summed E-state index contributed by atoms with van der Waals surface area (Å²) in [6, 6.07) is 9.87. The Kier molecular flexibility index (Phi) is 4.26. The predicted octanol–water partition coefficient (Wildman–Crippen LogP) is 3.21. The second-order valence-electron chi connectivity index (χ2n) is 5.02. The maximum atomic E-state index is 13.7. The number of nitrogens with one attached hydrogen (secondary N) is 2. The van der Waals surface area contributed by atoms with Crippen LogP contribution in [0, 0.1) is 11.7 Å². The van der Waals surface area contributed by atoms with Crippen LogP contribution in [0.15, 0.2) is 40.2 Å². The number of halogens is 2. The van der Waals surface area contributed by atoms with Crippen LogP contribution in [-0.2, 0) is 4.79 Å². The largest absolute Gasteiger partial charge is 0.279 e. The first-order chi connectivity index (χ1) is 10.6. The molecule has 2 N–H and O–H groups in total. The lowest BCUT2D eigenvalue weighted by Gasteiger charge is -2.06. The van der Waals surface area contributed by atoms with E-state index in [0.29, 0.717) is 16.9 Å². The first-order valence-corrected chi connectivity index (χ1v) is 8.27. The molecule has 0 radical (unpaired) electrons. The number of hydrogen-bond donors (Lipinski definition) is 2. The maximum absolute atomic E-state index is 13.7. The minimum atomic E-state index is -0.368. The summed E-state index contributed by atoms with van der Waals surface area (Å²) < 4.78 is 14.5. The van der Waals surface area contributed by atoms with Crippen molar-refractivity contribution in [3.8, 4) is 0 Å². The van der Waals surface area contributed by atoms with Crippen LogP contribution >= 0.6 is 27.3 Å². The van der Waals surface area contributed by atoms with E-state index in [1.807, 2.05) is 0 Å². The van der Waals surface area contributed by atoms with Crippen molar-refractivity contribution in [1.82, 2.24) is 10.9 Å². The van der Waals surface area contributed by atoms with E-state index in [-0.39, 0.29) is 29.5 Å². The van der Waals surface area contributed by atoms with Crippen molar-refractivity contribution < 1.29 is 14.0 Å². The van der Waals surface area contributed by atoms with Gasteiger partial charge in [0.15, 0.2) is 0 Å². The van der Waals surface area contributed by atoms with E-state index in [1.54, 1.807) is 30.3 Å². The molecule has 1 saturated carbocycles. The molecule has 1 aromatic carbocycles. The Labute approximate surface area is 138 Å². The Hall–Kier alpha value is -1.73. The minimum absolute atomic E-state index is 0.117. The van der Waals surface area contributed by atoms with Crippen LogP contribution in [0.3, 0.4) is 0 Å². The molecule has 2 atom stereocenters. The zero-order chi connectivity index (χ0) is 15.7. The number of hydrogen-bond acceptors (Lipinski definition) is 3. The molecule has 1 fully saturated rings. The van der Waals surface area contributed by atoms with Crippen LogP contribution in [0.1, 0.15) is 27.6 Å². The molecule has 0 bridgehead atoms. The number of rotatable bonds is 3. The van der Waals surface area contributed by atoms with Gasteiger partial charge in [0.1, 0.15) is 5.82 Å². The van der Waals surface area contributed by atoms with Gasteiger partial charge >= 0.3 is 0 Å². The van der Waals surface area contributed by atoms with Crippen molar-refractivity contribution >= 4 is 39.1 Å². The van der Waals surface area contributed by atoms with Crippen LogP contribution in [0.5, 0.6) is 0 Å². The van der Waals surface area contributed by atoms with Gasteiger partial charge in [0, 0.05) is 5.92 Å². The highest BCUT2D eigenvalue weighted by atomic mass is 79.9. The van der Waals surface area contributed by atoms with Gasteiger partial charge in [-0.15, -0.1) is 11.3 Å². The van der Waals surface area contributed by atoms with Gasteiger partial charge in [-0.25, -0.2) is 4.39 Å². The van der Waals surface area contributed by atoms with Gasteiger partial charge in [0.25, 0.3) is 5.91 Å². The third-order valence-electron chi connectivity index (χ3n) is 3.53. The van der Waals surface area contributed by atoms with Crippen molar-refractivity contribution in [3.05, 3.63) is 56.4 Å². The molecule has 4 nitrogen and oxygen atoms in total. The van der Waals surface area contributed by atoms with Crippen LogP contribution in [0.25, 0.3) is 0 Å². The predicted molar refractivity (Wildman–Crippen MR) is 84.9 cm³/mol. The lowest BCUT2D eigenvalue weighted by Crippen LogP contribution is -2.42. The van der Waals surface area contributed by atoms with Gasteiger partial charge < -0.3 is 0 Å². The smallest absolute Gasteiger partial charge is 0.273 e. The summed E-state index contributed by atoms with van der Waals surface area (Å²) in [5, 5.41) is 0. The Bertz CT molecular complexity index is 734. The number of benzene rings is 1. The summed E-state index contributed by atoms with van der Waals surface area (Å²) in [6.07, 6.45) is 0.590. The van der Waals surface area contributed by atoms with E-state index < -0.39 is 0 Å². The summed E-state index contributed by atoms with van der Waals surface area (Å²) >= 11 is 4.54. The van der Waals surface area contributed by atoms with Crippen LogP contribution < -0.4 is 10.9 Å². The fourth-order valence-corrected chi connectivity index (χ4v) is 3.59. The van der Waals surface area contributed by atoms with E-state index in [4.69, 9.17) is 0 Å². The molecule has 0 saturated heterocycles. The summed E-state index contributed by atoms with van der Waals surface area (Å²) in [5.74, 6) is -1.37. The zero-order valence-electron chi connectivity index (χ0n) is 11.3. The average molecular weight is 383 g/mol. The summed E-state index contributed by atoms with van der Waals surface area (Å²) in [4.78, 5) is 24.3. The van der Waals surface area contributed by atoms with Crippen LogP contribution in [0.4, 0.5) is 4.39 Å². The molecule has 0 aliphatic heterocycles. The standard InChI is InChI=1S/C15H12BrFN2O2S/c16-13-6-5-12(22-13)15(21)19-18-14(20)10-7-9(10)8-3-1-2-4-11(8)17/h1-6,9-10H,7H2,(H,18,20)(H,19,21). The SMILES string of the molecule is O=C(NNC(=O)C1CC1c1ccccc1F)c1ccc(Br)s1. The van der Waals surface area contributed by atoms with E-state index in [1.165, 1.54) is 17.4 Å². The Balaban J connectivity index is 1.54. The Morgan fingerprint density at radius 3 is 2.64 bits per heavy atom. The molecular formula is C15H12BrFN2O2S. The van der Waals surface area contributed by atoms with Gasteiger partial charge in [-0.3, -0.25) is 20.4 Å². The highest BCUT2D eigenvalue weighted by Gasteiger charge is 2.45. The fraction of sp³-hybridized carbons (Fsp3) is 0.200. The number of hydrazine groups is 1. The fourth-order valence-electron chi connectivity index (χ4n) is 2.31. The molecule has 0 spiro atoms. The van der Waals surface area contributed by atoms with Crippen LogP contribution in [0.2, 0.25) is 0 Å². The molecule has 1 aromatic heterocycles. The van der Waals surface area contributed by atoms with E-state index in [0.717, 1.165) is 3.79 Å². The third-order valence-corrected chi connectivity index (χ3v) is 5.15. The van der Waals surface area contributed by atoms with Gasteiger partial charge in [0.05, 0.1) is 8.66 Å². The molecule has 7 heteroatoms. The molecule has 3 rings (SSSR count). The highest BCUT2D eigenvalue weighted by molar-refractivity contribution is 9.11. The van der Waals surface area contributed by atoms with Crippen molar-refractivity contribution in [1.29, 1.82) is 0 Å². The third kappa shape index (κ3) is 3.20. The first kappa shape index (κ1) is 15.2. The van der Waals surface area contributed by atoms with E-state index in [9.17, 15) is 14.0 Å². The molecule has 22 heavy (non-hydrogen) atoms. The molecule has 114 valence electrons. The molecular weight excluding hydrogens is 371 g/mol. The molecule has 2 unspecified atom stereocenters. The van der Waals surface area contributed by atoms with Gasteiger partial charge in [-0.2, -0.15) is 0 Å². The lowest BCUT2D eigenvalue weighted by molar-refractivity contribution is -0.123. The lowest BCUT2D eigenvalue weighted by atomic mass is 10.1. The first-order valence-electron chi connectivity index (χ1n) is 6.66. The Morgan fingerprint density at radius 1 is 1.18 bits per heavy atom. The monoisotopic (exact) mass is 382 g/mol. The van der Waals surface area contributed by atoms with Crippen molar-refractivity contribution in [3.63, 3.8) is 0 Å². The number of thiophene rings is 1. The van der Waals surface area contributed by atoms with Crippen molar-refractivity contribution in [2.75, 3.05) is 0 Å². The van der Waals surface area contributed by atoms with Crippen LogP contribution in [-0.4, -0.2) is 11.8 Å². The molecule has 1 heterocycles. The highest BCUT2D eigenvalue weighted by Crippen LogP contribution is 2.48. The second-order valence-corrected chi connectivity index (χ2v) is 7.48. The van der Waals surface area contributed by atoms with E-state index in [2.05, 4.69) is 26.8 Å². The molecule has 1 aliphatic carbocycles. The molecule has 2 amide bonds. The van der Waals surface area contributed by atoms with Crippen molar-refractivity contribution in [2.45, 2.75) is 12.3 Å². The number of amides is 2. The van der Waals surface area contributed by atoms with Gasteiger partial charge in [0.2, 0.25) is 5.91 Å². The molecule has 2 aromatic rings. The minimum Gasteiger partial charge on any atom is -0.273 e. The van der Waals surface area contributed by atoms with Crippen molar-refractivity contribution in [2.24, 2.45) is 5.92 Å². The number of carbonyl (C=O) groups excluding carboxylic acids is 2. The zero-order valence-corrected chi connectivity index (χ0v) is 13.7. The average Bonchev–Trinajstić information content (AvgIpc) is 3.18.